The van der Waals surface area contributed by atoms with E-state index in [1.165, 1.54) is 11.0 Å². The van der Waals surface area contributed by atoms with Gasteiger partial charge in [-0.1, -0.05) is 6.92 Å². The van der Waals surface area contributed by atoms with Gasteiger partial charge in [-0.2, -0.15) is 10.1 Å². The highest BCUT2D eigenvalue weighted by molar-refractivity contribution is 5.92. The maximum Gasteiger partial charge on any atom is 0.407 e. The summed E-state index contributed by atoms with van der Waals surface area (Å²) in [5.41, 5.74) is 13.1. The van der Waals surface area contributed by atoms with Crippen LogP contribution >= 0.6 is 0 Å². The molecule has 1 aliphatic rings. The van der Waals surface area contributed by atoms with Gasteiger partial charge >= 0.3 is 6.09 Å². The quantitative estimate of drug-likeness (QED) is 0.509. The van der Waals surface area contributed by atoms with Crippen molar-refractivity contribution in [2.45, 2.75) is 19.4 Å². The molecule has 0 aliphatic carbocycles. The van der Waals surface area contributed by atoms with Crippen LogP contribution in [-0.4, -0.2) is 62.4 Å². The van der Waals surface area contributed by atoms with E-state index in [0.717, 1.165) is 6.42 Å². The van der Waals surface area contributed by atoms with E-state index in [-0.39, 0.29) is 29.1 Å². The first kappa shape index (κ1) is 19.7. The van der Waals surface area contributed by atoms with Gasteiger partial charge in [0.05, 0.1) is 22.6 Å². The summed E-state index contributed by atoms with van der Waals surface area (Å²) in [7, 11) is 1.57. The molecule has 0 unspecified atom stereocenters. The van der Waals surface area contributed by atoms with Gasteiger partial charge in [0.2, 0.25) is 5.95 Å². The van der Waals surface area contributed by atoms with Gasteiger partial charge in [0, 0.05) is 31.8 Å². The van der Waals surface area contributed by atoms with E-state index < -0.39 is 11.9 Å². The van der Waals surface area contributed by atoms with Crippen molar-refractivity contribution in [3.8, 4) is 11.3 Å². The van der Waals surface area contributed by atoms with Crippen molar-refractivity contribution in [2.75, 3.05) is 36.5 Å². The average Bonchev–Trinajstić information content (AvgIpc) is 3.07. The third-order valence-electron chi connectivity index (χ3n) is 5.48. The third-order valence-corrected chi connectivity index (χ3v) is 5.48. The summed E-state index contributed by atoms with van der Waals surface area (Å²) >= 11 is 0. The van der Waals surface area contributed by atoms with Gasteiger partial charge in [-0.3, -0.25) is 5.10 Å². The van der Waals surface area contributed by atoms with Crippen LogP contribution in [0.15, 0.2) is 18.2 Å². The number of likely N-dealkylation sites (N-methyl/N-ethyl adjacent to an activating group) is 1. The minimum Gasteiger partial charge on any atom is -0.465 e. The Bertz CT molecular complexity index is 1120. The Balaban J connectivity index is 1.71. The summed E-state index contributed by atoms with van der Waals surface area (Å²) in [5.74, 6) is 0.452. The van der Waals surface area contributed by atoms with Gasteiger partial charge in [0.25, 0.3) is 0 Å². The van der Waals surface area contributed by atoms with Gasteiger partial charge in [0.15, 0.2) is 5.82 Å². The Morgan fingerprint density at radius 3 is 2.80 bits per heavy atom. The van der Waals surface area contributed by atoms with Crippen LogP contribution in [0.3, 0.4) is 0 Å². The SMILES string of the molecule is C[C@@H]1C[C@@H](N(C)C(=O)O)CN(c2cc(-c3cc(F)c4c(N)n[nH]c4c3)nc(N)n2)C1. The first-order valence-corrected chi connectivity index (χ1v) is 9.51. The molecular formula is C19H23FN8O2. The molecule has 1 fully saturated rings. The molecule has 6 N–H and O–H groups in total. The monoisotopic (exact) mass is 414 g/mol. The molecule has 2 atom stereocenters. The molecule has 0 spiro atoms. The molecule has 10 nitrogen and oxygen atoms in total. The van der Waals surface area contributed by atoms with Gasteiger partial charge in [0.1, 0.15) is 11.6 Å². The van der Waals surface area contributed by atoms with Crippen molar-refractivity contribution in [2.24, 2.45) is 5.92 Å². The first-order chi connectivity index (χ1) is 14.2. The number of rotatable bonds is 3. The van der Waals surface area contributed by atoms with Crippen LogP contribution in [0.4, 0.5) is 26.8 Å². The number of benzene rings is 1. The number of aromatic amines is 1. The Morgan fingerprint density at radius 2 is 2.07 bits per heavy atom. The zero-order valence-electron chi connectivity index (χ0n) is 16.6. The topological polar surface area (TPSA) is 150 Å². The van der Waals surface area contributed by atoms with Crippen LogP contribution < -0.4 is 16.4 Å². The first-order valence-electron chi connectivity index (χ1n) is 9.51. The van der Waals surface area contributed by atoms with Gasteiger partial charge in [-0.25, -0.2) is 14.2 Å². The molecule has 30 heavy (non-hydrogen) atoms. The number of nitrogens with two attached hydrogens (primary N) is 2. The summed E-state index contributed by atoms with van der Waals surface area (Å²) in [6.07, 6.45) is -0.213. The van der Waals surface area contributed by atoms with Crippen molar-refractivity contribution in [3.63, 3.8) is 0 Å². The lowest BCUT2D eigenvalue weighted by atomic mass is 9.95. The highest BCUT2D eigenvalue weighted by Gasteiger charge is 2.30. The number of nitrogen functional groups attached to an aromatic ring is 2. The number of piperidine rings is 1. The van der Waals surface area contributed by atoms with Crippen LogP contribution in [-0.2, 0) is 0 Å². The van der Waals surface area contributed by atoms with Crippen molar-refractivity contribution in [3.05, 3.63) is 24.0 Å². The maximum atomic E-state index is 14.6. The number of halogens is 1. The fourth-order valence-corrected chi connectivity index (χ4v) is 3.98. The van der Waals surface area contributed by atoms with Crippen molar-refractivity contribution < 1.29 is 14.3 Å². The summed E-state index contributed by atoms with van der Waals surface area (Å²) in [6.45, 7) is 3.24. The van der Waals surface area contributed by atoms with E-state index in [1.807, 2.05) is 4.90 Å². The largest absolute Gasteiger partial charge is 0.465 e. The Labute approximate surface area is 171 Å². The van der Waals surface area contributed by atoms with Gasteiger partial charge in [-0.15, -0.1) is 0 Å². The molecule has 1 aromatic carbocycles. The number of fused-ring (bicyclic) bond motifs is 1. The number of hydrogen-bond acceptors (Lipinski definition) is 7. The van der Waals surface area contributed by atoms with E-state index >= 15 is 0 Å². The molecule has 3 heterocycles. The zero-order chi connectivity index (χ0) is 21.6. The van der Waals surface area contributed by atoms with Gasteiger partial charge < -0.3 is 26.4 Å². The molecule has 1 aliphatic heterocycles. The smallest absolute Gasteiger partial charge is 0.407 e. The molecule has 2 aromatic heterocycles. The average molecular weight is 414 g/mol. The van der Waals surface area contributed by atoms with Crippen LogP contribution in [0.2, 0.25) is 0 Å². The number of aromatic nitrogens is 4. The molecule has 0 bridgehead atoms. The number of anilines is 3. The number of amides is 1. The predicted octanol–water partition coefficient (Wildman–Crippen LogP) is 2.15. The van der Waals surface area contributed by atoms with Crippen LogP contribution in [0.5, 0.6) is 0 Å². The van der Waals surface area contributed by atoms with E-state index in [0.29, 0.717) is 35.7 Å². The van der Waals surface area contributed by atoms with Crippen molar-refractivity contribution in [1.82, 2.24) is 25.1 Å². The maximum absolute atomic E-state index is 14.6. The molecule has 4 rings (SSSR count). The number of carbonyl (C=O) groups is 1. The number of hydrogen-bond donors (Lipinski definition) is 4. The molecule has 11 heteroatoms. The summed E-state index contributed by atoms with van der Waals surface area (Å²) in [4.78, 5) is 23.3. The Morgan fingerprint density at radius 1 is 1.30 bits per heavy atom. The number of nitrogens with zero attached hydrogens (tertiary/aromatic N) is 5. The van der Waals surface area contributed by atoms with Crippen LogP contribution in [0.1, 0.15) is 13.3 Å². The second kappa shape index (κ2) is 7.32. The second-order valence-electron chi connectivity index (χ2n) is 7.75. The fourth-order valence-electron chi connectivity index (χ4n) is 3.98. The van der Waals surface area contributed by atoms with Gasteiger partial charge in [-0.05, 0) is 24.5 Å². The van der Waals surface area contributed by atoms with Crippen molar-refractivity contribution >= 4 is 34.6 Å². The number of nitrogens with one attached hydrogen (secondary N) is 1. The van der Waals surface area contributed by atoms with Crippen LogP contribution in [0, 0.1) is 11.7 Å². The molecule has 3 aromatic rings. The van der Waals surface area contributed by atoms with E-state index in [1.54, 1.807) is 19.2 Å². The van der Waals surface area contributed by atoms with E-state index in [9.17, 15) is 14.3 Å². The number of H-pyrrole nitrogens is 1. The van der Waals surface area contributed by atoms with Crippen LogP contribution in [0.25, 0.3) is 22.2 Å². The number of carboxylic acid groups (broad SMARTS) is 1. The Kier molecular flexibility index (Phi) is 4.80. The predicted molar refractivity (Wildman–Crippen MR) is 111 cm³/mol. The molecule has 0 radical (unpaired) electrons. The standard InChI is InChI=1S/C19H23FN8O2/c1-9-3-11(27(2)19(29)30)8-28(7-9)15-6-13(23-18(22)24-15)10-4-12(20)16-14(5-10)25-26-17(16)21/h4-6,9,11H,3,7-8H2,1-2H3,(H,29,30)(H3,21,25,26)(H2,22,23,24)/t9-,11-/m1/s1. The Hall–Kier alpha value is -3.63. The highest BCUT2D eigenvalue weighted by Crippen LogP contribution is 2.31. The molecule has 158 valence electrons. The molecule has 1 saturated heterocycles. The zero-order valence-corrected chi connectivity index (χ0v) is 16.6. The fraction of sp³-hybridized carbons (Fsp3) is 0.368. The second-order valence-corrected chi connectivity index (χ2v) is 7.75. The minimum atomic E-state index is -0.973. The van der Waals surface area contributed by atoms with E-state index in [4.69, 9.17) is 11.5 Å². The normalized spacial score (nSPS) is 19.2. The van der Waals surface area contributed by atoms with E-state index in [2.05, 4.69) is 27.1 Å². The summed E-state index contributed by atoms with van der Waals surface area (Å²) in [6, 6.07) is 4.59. The lowest BCUT2D eigenvalue weighted by Crippen LogP contribution is -2.51. The summed E-state index contributed by atoms with van der Waals surface area (Å²) in [5, 5.41) is 16.1. The molecule has 0 saturated carbocycles. The molecule has 1 amide bonds. The minimum absolute atomic E-state index is 0.0495. The lowest BCUT2D eigenvalue weighted by Gasteiger charge is -2.40. The molecular weight excluding hydrogens is 391 g/mol. The highest BCUT2D eigenvalue weighted by atomic mass is 19.1. The third kappa shape index (κ3) is 3.53. The lowest BCUT2D eigenvalue weighted by molar-refractivity contribution is 0.127. The summed E-state index contributed by atoms with van der Waals surface area (Å²) < 4.78 is 14.6. The van der Waals surface area contributed by atoms with Crippen molar-refractivity contribution in [1.29, 1.82) is 0 Å².